The van der Waals surface area contributed by atoms with E-state index in [1.807, 2.05) is 12.1 Å². The highest BCUT2D eigenvalue weighted by molar-refractivity contribution is 5.91. The number of carbonyl (C=O) groups is 1. The van der Waals surface area contributed by atoms with E-state index in [2.05, 4.69) is 4.98 Å². The lowest BCUT2D eigenvalue weighted by Gasteiger charge is -2.38. The van der Waals surface area contributed by atoms with Gasteiger partial charge in [-0.1, -0.05) is 0 Å². The van der Waals surface area contributed by atoms with E-state index < -0.39 is 18.2 Å². The van der Waals surface area contributed by atoms with Crippen LogP contribution in [-0.4, -0.2) is 66.5 Å². The molecule has 6 heteroatoms. The Labute approximate surface area is 124 Å². The largest absolute Gasteiger partial charge is 0.388 e. The molecule has 2 heterocycles. The molecule has 2 rings (SSSR count). The first-order valence-electron chi connectivity index (χ1n) is 6.77. The highest BCUT2D eigenvalue weighted by atomic mass is 16.5. The van der Waals surface area contributed by atoms with Crippen LogP contribution >= 0.6 is 0 Å². The average Bonchev–Trinajstić information content (AvgIpc) is 2.53. The monoisotopic (exact) mass is 292 g/mol. The molecule has 21 heavy (non-hydrogen) atoms. The van der Waals surface area contributed by atoms with Crippen LogP contribution in [0.15, 0.2) is 30.6 Å². The quantitative estimate of drug-likeness (QED) is 0.810. The number of amides is 1. The topological polar surface area (TPSA) is 71.9 Å². The molecule has 0 bridgehead atoms. The van der Waals surface area contributed by atoms with Crippen LogP contribution in [-0.2, 0) is 14.3 Å². The van der Waals surface area contributed by atoms with E-state index in [0.29, 0.717) is 13.2 Å². The Bertz CT molecular complexity index is 492. The van der Waals surface area contributed by atoms with Crippen LogP contribution < -0.4 is 0 Å². The van der Waals surface area contributed by atoms with Crippen molar-refractivity contribution in [3.05, 3.63) is 36.2 Å². The standard InChI is InChI=1S/C15H20N2O4/c1-17(12-9-21-10-13(20-2)15(12)19)14(18)4-3-11-5-7-16-8-6-11/h3-8,12-13,15,19H,9-10H2,1-2H3/b4-3+/t12-,13-,15+/m1/s1. The highest BCUT2D eigenvalue weighted by Gasteiger charge is 2.36. The summed E-state index contributed by atoms with van der Waals surface area (Å²) in [5.74, 6) is -0.198. The van der Waals surface area contributed by atoms with Crippen molar-refractivity contribution in [3.63, 3.8) is 0 Å². The van der Waals surface area contributed by atoms with Crippen LogP contribution in [0.3, 0.4) is 0 Å². The number of hydrogen-bond acceptors (Lipinski definition) is 5. The molecule has 114 valence electrons. The number of aliphatic hydroxyl groups is 1. The molecule has 1 aliphatic heterocycles. The van der Waals surface area contributed by atoms with Crippen LogP contribution in [0.5, 0.6) is 0 Å². The summed E-state index contributed by atoms with van der Waals surface area (Å²) < 4.78 is 10.5. The predicted octanol–water partition coefficient (Wildman–Crippen LogP) is 0.328. The smallest absolute Gasteiger partial charge is 0.246 e. The SMILES string of the molecule is CO[C@@H]1COC[C@@H](N(C)C(=O)/C=C/c2ccncc2)[C@@H]1O. The summed E-state index contributed by atoms with van der Waals surface area (Å²) in [5, 5.41) is 10.2. The Hall–Kier alpha value is -1.76. The van der Waals surface area contributed by atoms with Gasteiger partial charge in [0, 0.05) is 32.6 Å². The highest BCUT2D eigenvalue weighted by Crippen LogP contribution is 2.16. The number of aliphatic hydroxyl groups excluding tert-OH is 1. The van der Waals surface area contributed by atoms with Crippen molar-refractivity contribution >= 4 is 12.0 Å². The molecule has 0 aliphatic carbocycles. The number of aromatic nitrogens is 1. The third-order valence-electron chi connectivity index (χ3n) is 3.62. The van der Waals surface area contributed by atoms with Gasteiger partial charge in [0.15, 0.2) is 0 Å². The van der Waals surface area contributed by atoms with Crippen LogP contribution in [0.2, 0.25) is 0 Å². The molecule has 0 spiro atoms. The number of ether oxygens (including phenoxy) is 2. The van der Waals surface area contributed by atoms with Gasteiger partial charge in [0.1, 0.15) is 12.2 Å². The third-order valence-corrected chi connectivity index (χ3v) is 3.62. The molecule has 1 amide bonds. The molecule has 0 saturated carbocycles. The fourth-order valence-electron chi connectivity index (χ4n) is 2.22. The summed E-state index contributed by atoms with van der Waals surface area (Å²) in [4.78, 5) is 17.6. The molecule has 1 fully saturated rings. The molecule has 3 atom stereocenters. The van der Waals surface area contributed by atoms with Gasteiger partial charge in [-0.15, -0.1) is 0 Å². The lowest BCUT2D eigenvalue weighted by Crippen LogP contribution is -2.56. The minimum Gasteiger partial charge on any atom is -0.388 e. The summed E-state index contributed by atoms with van der Waals surface area (Å²) in [6.45, 7) is 0.634. The first-order valence-corrected chi connectivity index (χ1v) is 6.77. The van der Waals surface area contributed by atoms with Gasteiger partial charge in [0.25, 0.3) is 0 Å². The van der Waals surface area contributed by atoms with Crippen LogP contribution in [0.1, 0.15) is 5.56 Å². The number of nitrogens with zero attached hydrogens (tertiary/aromatic N) is 2. The maximum atomic E-state index is 12.2. The average molecular weight is 292 g/mol. The van der Waals surface area contributed by atoms with Gasteiger partial charge in [-0.2, -0.15) is 0 Å². The fraction of sp³-hybridized carbons (Fsp3) is 0.467. The number of likely N-dealkylation sites (N-methyl/N-ethyl adjacent to an activating group) is 1. The molecule has 1 N–H and O–H groups in total. The Morgan fingerprint density at radius 3 is 2.86 bits per heavy atom. The summed E-state index contributed by atoms with van der Waals surface area (Å²) in [6.07, 6.45) is 5.34. The Morgan fingerprint density at radius 2 is 2.19 bits per heavy atom. The second-order valence-electron chi connectivity index (χ2n) is 4.93. The van der Waals surface area contributed by atoms with Crippen molar-refractivity contribution in [2.45, 2.75) is 18.2 Å². The van der Waals surface area contributed by atoms with Gasteiger partial charge < -0.3 is 19.5 Å². The Kier molecular flexibility index (Phi) is 5.44. The Balaban J connectivity index is 2.00. The van der Waals surface area contributed by atoms with Gasteiger partial charge >= 0.3 is 0 Å². The van der Waals surface area contributed by atoms with E-state index in [9.17, 15) is 9.90 Å². The van der Waals surface area contributed by atoms with E-state index in [-0.39, 0.29) is 5.91 Å². The van der Waals surface area contributed by atoms with E-state index in [0.717, 1.165) is 5.56 Å². The normalized spacial score (nSPS) is 26.0. The zero-order chi connectivity index (χ0) is 15.2. The molecule has 0 aromatic carbocycles. The number of carbonyl (C=O) groups excluding carboxylic acids is 1. The van der Waals surface area contributed by atoms with Gasteiger partial charge in [-0.3, -0.25) is 9.78 Å². The fourth-order valence-corrected chi connectivity index (χ4v) is 2.22. The second kappa shape index (κ2) is 7.31. The molecule has 1 aromatic rings. The molecule has 1 aliphatic rings. The maximum absolute atomic E-state index is 12.2. The minimum absolute atomic E-state index is 0.198. The summed E-state index contributed by atoms with van der Waals surface area (Å²) in [6, 6.07) is 3.20. The van der Waals surface area contributed by atoms with Crippen LogP contribution in [0.4, 0.5) is 0 Å². The molecular formula is C15H20N2O4. The molecule has 0 unspecified atom stereocenters. The summed E-state index contributed by atoms with van der Waals surface area (Å²) in [7, 11) is 3.17. The molecule has 0 radical (unpaired) electrons. The molecule has 6 nitrogen and oxygen atoms in total. The molecule has 1 saturated heterocycles. The first kappa shape index (κ1) is 15.6. The molecular weight excluding hydrogens is 272 g/mol. The number of rotatable bonds is 4. The predicted molar refractivity (Wildman–Crippen MR) is 77.5 cm³/mol. The number of pyridine rings is 1. The third kappa shape index (κ3) is 3.87. The lowest BCUT2D eigenvalue weighted by atomic mass is 10.0. The number of hydrogen-bond donors (Lipinski definition) is 1. The van der Waals surface area contributed by atoms with Gasteiger partial charge in [0.05, 0.1) is 19.3 Å². The van der Waals surface area contributed by atoms with Crippen LogP contribution in [0, 0.1) is 0 Å². The van der Waals surface area contributed by atoms with E-state index in [1.165, 1.54) is 18.1 Å². The van der Waals surface area contributed by atoms with Crippen molar-refractivity contribution in [3.8, 4) is 0 Å². The van der Waals surface area contributed by atoms with E-state index >= 15 is 0 Å². The Morgan fingerprint density at radius 1 is 1.48 bits per heavy atom. The van der Waals surface area contributed by atoms with Crippen molar-refractivity contribution in [2.75, 3.05) is 27.4 Å². The van der Waals surface area contributed by atoms with Gasteiger partial charge in [-0.25, -0.2) is 0 Å². The zero-order valence-electron chi connectivity index (χ0n) is 12.2. The van der Waals surface area contributed by atoms with Crippen molar-refractivity contribution in [1.29, 1.82) is 0 Å². The summed E-state index contributed by atoms with van der Waals surface area (Å²) in [5.41, 5.74) is 0.891. The van der Waals surface area contributed by atoms with Crippen molar-refractivity contribution < 1.29 is 19.4 Å². The molecule has 1 aromatic heterocycles. The van der Waals surface area contributed by atoms with E-state index in [1.54, 1.807) is 25.5 Å². The van der Waals surface area contributed by atoms with Gasteiger partial charge in [0.2, 0.25) is 5.91 Å². The maximum Gasteiger partial charge on any atom is 0.246 e. The van der Waals surface area contributed by atoms with Gasteiger partial charge in [-0.05, 0) is 23.8 Å². The lowest BCUT2D eigenvalue weighted by molar-refractivity contribution is -0.154. The zero-order valence-corrected chi connectivity index (χ0v) is 12.2. The van der Waals surface area contributed by atoms with Crippen LogP contribution in [0.25, 0.3) is 6.08 Å². The first-order chi connectivity index (χ1) is 10.1. The summed E-state index contributed by atoms with van der Waals surface area (Å²) >= 11 is 0. The second-order valence-corrected chi connectivity index (χ2v) is 4.93. The van der Waals surface area contributed by atoms with E-state index in [4.69, 9.17) is 9.47 Å². The number of methoxy groups -OCH3 is 1. The minimum atomic E-state index is -0.757. The van der Waals surface area contributed by atoms with Crippen molar-refractivity contribution in [2.24, 2.45) is 0 Å². The van der Waals surface area contributed by atoms with Crippen molar-refractivity contribution in [1.82, 2.24) is 9.88 Å².